The minimum atomic E-state index is -0.661. The molecule has 0 radical (unpaired) electrons. The number of hydrazine groups is 2. The van der Waals surface area contributed by atoms with Gasteiger partial charge in [0.25, 0.3) is 0 Å². The molecule has 64 valence electrons. The van der Waals surface area contributed by atoms with Crippen LogP contribution in [0.1, 0.15) is 6.42 Å². The second-order valence-corrected chi connectivity index (χ2v) is 1.86. The zero-order valence-electron chi connectivity index (χ0n) is 5.91. The van der Waals surface area contributed by atoms with Crippen molar-refractivity contribution in [2.24, 2.45) is 17.4 Å². The van der Waals surface area contributed by atoms with Crippen molar-refractivity contribution in [2.45, 2.75) is 6.42 Å². The maximum atomic E-state index is 10.5. The van der Waals surface area contributed by atoms with E-state index in [0.717, 1.165) is 5.01 Å². The molecule has 0 rings (SSSR count). The Kier molecular flexibility index (Phi) is 3.93. The van der Waals surface area contributed by atoms with E-state index in [1.807, 2.05) is 0 Å². The van der Waals surface area contributed by atoms with Gasteiger partial charge in [0.05, 0.1) is 0 Å². The van der Waals surface area contributed by atoms with Gasteiger partial charge in [-0.15, -0.1) is 0 Å². The van der Waals surface area contributed by atoms with Gasteiger partial charge < -0.3 is 5.73 Å². The van der Waals surface area contributed by atoms with Crippen LogP contribution in [0, 0.1) is 0 Å². The quantitative estimate of drug-likeness (QED) is 0.209. The SMILES string of the molecule is NNC(=O)N(N)CCC(N)=O. The molecule has 0 saturated heterocycles. The number of nitrogens with two attached hydrogens (primary N) is 3. The first kappa shape index (κ1) is 9.66. The second kappa shape index (κ2) is 4.47. The first-order valence-corrected chi connectivity index (χ1v) is 2.89. The van der Waals surface area contributed by atoms with Gasteiger partial charge in [-0.05, 0) is 0 Å². The Morgan fingerprint density at radius 3 is 2.36 bits per heavy atom. The summed E-state index contributed by atoms with van der Waals surface area (Å²) in [5, 5.41) is 0.769. The van der Waals surface area contributed by atoms with Gasteiger partial charge >= 0.3 is 6.03 Å². The molecule has 7 heteroatoms. The molecule has 0 aromatic rings. The topological polar surface area (TPSA) is 127 Å². The summed E-state index contributed by atoms with van der Waals surface area (Å²) in [5.41, 5.74) is 6.60. The summed E-state index contributed by atoms with van der Waals surface area (Å²) in [7, 11) is 0. The summed E-state index contributed by atoms with van der Waals surface area (Å²) in [4.78, 5) is 20.7. The molecule has 0 aliphatic carbocycles. The van der Waals surface area contributed by atoms with Crippen LogP contribution in [-0.4, -0.2) is 23.5 Å². The molecule has 7 N–H and O–H groups in total. The van der Waals surface area contributed by atoms with E-state index in [1.165, 1.54) is 0 Å². The van der Waals surface area contributed by atoms with Crippen molar-refractivity contribution < 1.29 is 9.59 Å². The van der Waals surface area contributed by atoms with Crippen LogP contribution in [0.15, 0.2) is 0 Å². The molecule has 11 heavy (non-hydrogen) atoms. The van der Waals surface area contributed by atoms with Gasteiger partial charge in [0.15, 0.2) is 0 Å². The van der Waals surface area contributed by atoms with Crippen LogP contribution in [0.25, 0.3) is 0 Å². The van der Waals surface area contributed by atoms with Gasteiger partial charge in [0.2, 0.25) is 5.91 Å². The Bertz CT molecular complexity index is 159. The van der Waals surface area contributed by atoms with Gasteiger partial charge in [-0.25, -0.2) is 16.5 Å². The molecule has 0 aliphatic heterocycles. The molecule has 0 atom stereocenters. The molecule has 0 aliphatic rings. The summed E-state index contributed by atoms with van der Waals surface area (Å²) < 4.78 is 0. The summed E-state index contributed by atoms with van der Waals surface area (Å²) in [6, 6.07) is -0.661. The average Bonchev–Trinajstić information content (AvgIpc) is 1.98. The van der Waals surface area contributed by atoms with Crippen LogP contribution < -0.4 is 22.8 Å². The van der Waals surface area contributed by atoms with Crippen molar-refractivity contribution in [1.29, 1.82) is 0 Å². The van der Waals surface area contributed by atoms with Gasteiger partial charge in [-0.3, -0.25) is 15.2 Å². The molecule has 0 unspecified atom stereocenters. The lowest BCUT2D eigenvalue weighted by molar-refractivity contribution is -0.118. The van der Waals surface area contributed by atoms with Crippen LogP contribution in [0.5, 0.6) is 0 Å². The summed E-state index contributed by atoms with van der Waals surface area (Å²) in [5.74, 6) is 9.33. The van der Waals surface area contributed by atoms with Crippen LogP contribution in [-0.2, 0) is 4.79 Å². The van der Waals surface area contributed by atoms with E-state index in [4.69, 9.17) is 17.4 Å². The lowest BCUT2D eigenvalue weighted by Gasteiger charge is -2.13. The predicted octanol–water partition coefficient (Wildman–Crippen LogP) is -2.38. The standard InChI is InChI=1S/C4H11N5O2/c5-3(10)1-2-9(7)4(11)8-6/h1-2,6-7H2,(H2,5,10)(H,8,11). The van der Waals surface area contributed by atoms with E-state index in [1.54, 1.807) is 5.43 Å². The molecule has 3 amide bonds. The maximum Gasteiger partial charge on any atom is 0.345 e. The largest absolute Gasteiger partial charge is 0.370 e. The summed E-state index contributed by atoms with van der Waals surface area (Å²) in [6.07, 6.45) is 0.0178. The number of urea groups is 1. The molecular formula is C4H11N5O2. The average molecular weight is 161 g/mol. The van der Waals surface area contributed by atoms with E-state index >= 15 is 0 Å². The fraction of sp³-hybridized carbons (Fsp3) is 0.500. The highest BCUT2D eigenvalue weighted by molar-refractivity contribution is 5.76. The molecule has 0 aromatic carbocycles. The van der Waals surface area contributed by atoms with E-state index in [9.17, 15) is 9.59 Å². The van der Waals surface area contributed by atoms with Gasteiger partial charge in [0.1, 0.15) is 0 Å². The van der Waals surface area contributed by atoms with Gasteiger partial charge in [-0.2, -0.15) is 0 Å². The van der Waals surface area contributed by atoms with Crippen molar-refractivity contribution >= 4 is 11.9 Å². The summed E-state index contributed by atoms with van der Waals surface area (Å²) in [6.45, 7) is 0.0539. The third kappa shape index (κ3) is 4.12. The number of rotatable bonds is 3. The summed E-state index contributed by atoms with van der Waals surface area (Å²) >= 11 is 0. The third-order valence-electron chi connectivity index (χ3n) is 0.983. The van der Waals surface area contributed by atoms with Gasteiger partial charge in [-0.1, -0.05) is 0 Å². The second-order valence-electron chi connectivity index (χ2n) is 1.86. The maximum absolute atomic E-state index is 10.5. The Morgan fingerprint density at radius 2 is 2.00 bits per heavy atom. The van der Waals surface area contributed by atoms with E-state index in [-0.39, 0.29) is 13.0 Å². The Hall–Kier alpha value is -1.34. The number of amides is 3. The van der Waals surface area contributed by atoms with Crippen molar-refractivity contribution in [2.75, 3.05) is 6.54 Å². The molecule has 7 nitrogen and oxygen atoms in total. The Balaban J connectivity index is 3.60. The minimum Gasteiger partial charge on any atom is -0.370 e. The van der Waals surface area contributed by atoms with Crippen molar-refractivity contribution in [3.05, 3.63) is 0 Å². The van der Waals surface area contributed by atoms with Crippen molar-refractivity contribution in [3.63, 3.8) is 0 Å². The first-order chi connectivity index (χ1) is 5.07. The van der Waals surface area contributed by atoms with Crippen LogP contribution >= 0.6 is 0 Å². The Morgan fingerprint density at radius 1 is 1.45 bits per heavy atom. The number of carbonyl (C=O) groups is 2. The van der Waals surface area contributed by atoms with E-state index in [2.05, 4.69) is 0 Å². The lowest BCUT2D eigenvalue weighted by atomic mass is 10.4. The fourth-order valence-corrected chi connectivity index (χ4v) is 0.415. The molecule has 0 aromatic heterocycles. The monoisotopic (exact) mass is 161 g/mol. The number of nitrogens with zero attached hydrogens (tertiary/aromatic N) is 1. The molecular weight excluding hydrogens is 150 g/mol. The minimum absolute atomic E-state index is 0.0178. The number of hydrogen-bond acceptors (Lipinski definition) is 4. The highest BCUT2D eigenvalue weighted by atomic mass is 16.2. The number of hydrogen-bond donors (Lipinski definition) is 4. The predicted molar refractivity (Wildman–Crippen MR) is 37.4 cm³/mol. The van der Waals surface area contributed by atoms with E-state index in [0.29, 0.717) is 0 Å². The smallest absolute Gasteiger partial charge is 0.345 e. The lowest BCUT2D eigenvalue weighted by Crippen LogP contribution is -2.48. The highest BCUT2D eigenvalue weighted by Gasteiger charge is 2.06. The third-order valence-corrected chi connectivity index (χ3v) is 0.983. The van der Waals surface area contributed by atoms with E-state index < -0.39 is 11.9 Å². The number of carbonyl (C=O) groups excluding carboxylic acids is 2. The molecule has 0 bridgehead atoms. The van der Waals surface area contributed by atoms with Crippen molar-refractivity contribution in [3.8, 4) is 0 Å². The van der Waals surface area contributed by atoms with Crippen LogP contribution in [0.2, 0.25) is 0 Å². The first-order valence-electron chi connectivity index (χ1n) is 2.89. The Labute approximate surface area is 63.4 Å². The zero-order chi connectivity index (χ0) is 8.85. The highest BCUT2D eigenvalue weighted by Crippen LogP contribution is 1.82. The van der Waals surface area contributed by atoms with Crippen LogP contribution in [0.4, 0.5) is 4.79 Å². The number of nitrogens with one attached hydrogen (secondary N) is 1. The van der Waals surface area contributed by atoms with Crippen molar-refractivity contribution in [1.82, 2.24) is 10.4 Å². The number of primary amides is 1. The molecule has 0 fully saturated rings. The molecule has 0 spiro atoms. The zero-order valence-corrected chi connectivity index (χ0v) is 5.91. The molecule has 0 heterocycles. The fourth-order valence-electron chi connectivity index (χ4n) is 0.415. The van der Waals surface area contributed by atoms with Crippen LogP contribution in [0.3, 0.4) is 0 Å². The van der Waals surface area contributed by atoms with Gasteiger partial charge in [0, 0.05) is 13.0 Å². The normalized spacial score (nSPS) is 8.91. The molecule has 0 saturated carbocycles.